The Labute approximate surface area is 136 Å². The summed E-state index contributed by atoms with van der Waals surface area (Å²) >= 11 is 2.16. The van der Waals surface area contributed by atoms with E-state index in [2.05, 4.69) is 22.6 Å². The van der Waals surface area contributed by atoms with E-state index in [1.54, 1.807) is 0 Å². The van der Waals surface area contributed by atoms with Crippen molar-refractivity contribution in [2.24, 2.45) is 5.92 Å². The second-order valence-corrected chi connectivity index (χ2v) is 7.95. The summed E-state index contributed by atoms with van der Waals surface area (Å²) in [7, 11) is 0. The topological polar surface area (TPSA) is 46.5 Å². The van der Waals surface area contributed by atoms with Crippen molar-refractivity contribution >= 4 is 28.6 Å². The first kappa shape index (κ1) is 16.5. The number of alkyl halides is 1. The van der Waals surface area contributed by atoms with E-state index in [1.165, 1.54) is 12.8 Å². The first-order valence-electron chi connectivity index (χ1n) is 8.12. The van der Waals surface area contributed by atoms with Crippen LogP contribution in [0.5, 0.6) is 0 Å². The molecular weight excluding hydrogens is 367 g/mol. The maximum atomic E-state index is 11.9. The molecule has 0 amide bonds. The molecule has 3 nitrogen and oxygen atoms in total. The summed E-state index contributed by atoms with van der Waals surface area (Å²) in [6, 6.07) is 0. The van der Waals surface area contributed by atoms with Crippen molar-refractivity contribution in [3.63, 3.8) is 0 Å². The zero-order chi connectivity index (χ0) is 14.6. The normalized spacial score (nSPS) is 31.6. The van der Waals surface area contributed by atoms with Gasteiger partial charge in [-0.05, 0) is 57.3 Å². The lowest BCUT2D eigenvalue weighted by molar-refractivity contribution is -0.148. The molecule has 0 heterocycles. The Morgan fingerprint density at radius 1 is 1.25 bits per heavy atom. The Balaban J connectivity index is 1.84. The summed E-state index contributed by atoms with van der Waals surface area (Å²) in [6.07, 6.45) is 10.2. The van der Waals surface area contributed by atoms with Crippen molar-refractivity contribution in [1.82, 2.24) is 0 Å². The lowest BCUT2D eigenvalue weighted by Gasteiger charge is -2.32. The fraction of sp³-hybridized carbons (Fsp3) is 0.938. The van der Waals surface area contributed by atoms with Gasteiger partial charge in [0, 0.05) is 0 Å². The minimum Gasteiger partial charge on any atom is -0.462 e. The first-order chi connectivity index (χ1) is 9.55. The fourth-order valence-corrected chi connectivity index (χ4v) is 3.87. The molecule has 0 aromatic rings. The van der Waals surface area contributed by atoms with Gasteiger partial charge in [-0.1, -0.05) is 42.4 Å². The van der Waals surface area contributed by atoms with Crippen LogP contribution in [0, 0.1) is 5.92 Å². The lowest BCUT2D eigenvalue weighted by Crippen LogP contribution is -2.34. The highest BCUT2D eigenvalue weighted by Gasteiger charge is 2.40. The number of carbonyl (C=O) groups excluding carboxylic acids is 1. The van der Waals surface area contributed by atoms with Crippen LogP contribution in [0.2, 0.25) is 0 Å². The van der Waals surface area contributed by atoms with Gasteiger partial charge in [0.2, 0.25) is 0 Å². The number of rotatable bonds is 4. The molecule has 116 valence electrons. The Bertz CT molecular complexity index is 326. The highest BCUT2D eigenvalue weighted by atomic mass is 127. The third-order valence-electron chi connectivity index (χ3n) is 5.04. The molecule has 2 rings (SSSR count). The molecule has 0 aromatic heterocycles. The molecule has 3 atom stereocenters. The summed E-state index contributed by atoms with van der Waals surface area (Å²) in [5.41, 5.74) is -0.423. The maximum Gasteiger partial charge on any atom is 0.319 e. The zero-order valence-electron chi connectivity index (χ0n) is 12.4. The number of ether oxygens (including phenoxy) is 1. The van der Waals surface area contributed by atoms with Crippen molar-refractivity contribution < 1.29 is 14.6 Å². The number of carbonyl (C=O) groups is 1. The second-order valence-electron chi connectivity index (χ2n) is 6.45. The van der Waals surface area contributed by atoms with Crippen LogP contribution in [-0.2, 0) is 9.53 Å². The summed E-state index contributed by atoms with van der Waals surface area (Å²) < 4.78 is 5.62. The molecule has 4 heteroatoms. The smallest absolute Gasteiger partial charge is 0.319 e. The molecule has 20 heavy (non-hydrogen) atoms. The average molecular weight is 394 g/mol. The maximum absolute atomic E-state index is 11.9. The molecule has 1 N–H and O–H groups in total. The number of halogens is 1. The van der Waals surface area contributed by atoms with Crippen molar-refractivity contribution in [1.29, 1.82) is 0 Å². The minimum absolute atomic E-state index is 0.0225. The highest BCUT2D eigenvalue weighted by molar-refractivity contribution is 14.1. The van der Waals surface area contributed by atoms with Gasteiger partial charge < -0.3 is 9.84 Å². The molecule has 2 aliphatic carbocycles. The van der Waals surface area contributed by atoms with Crippen LogP contribution in [0.15, 0.2) is 0 Å². The van der Waals surface area contributed by atoms with Gasteiger partial charge in [0.25, 0.3) is 0 Å². The van der Waals surface area contributed by atoms with E-state index < -0.39 is 5.60 Å². The standard InChI is InChI=1S/C16H27IO3/c1-2-14(17)15(18)20-13-7-5-6-12(8-9-13)16(19)10-3-4-11-16/h12-14,19H,2-11H2,1H3. The second kappa shape index (κ2) is 7.43. The summed E-state index contributed by atoms with van der Waals surface area (Å²) in [6.45, 7) is 2.01. The van der Waals surface area contributed by atoms with Crippen LogP contribution < -0.4 is 0 Å². The third kappa shape index (κ3) is 4.09. The van der Waals surface area contributed by atoms with Crippen LogP contribution >= 0.6 is 22.6 Å². The number of esters is 1. The van der Waals surface area contributed by atoms with Crippen LogP contribution in [0.1, 0.15) is 71.1 Å². The van der Waals surface area contributed by atoms with Gasteiger partial charge in [0.1, 0.15) is 10.0 Å². The molecule has 0 spiro atoms. The van der Waals surface area contributed by atoms with E-state index in [0.717, 1.165) is 51.4 Å². The van der Waals surface area contributed by atoms with Gasteiger partial charge in [-0.2, -0.15) is 0 Å². The molecular formula is C16H27IO3. The molecule has 0 radical (unpaired) electrons. The molecule has 2 fully saturated rings. The van der Waals surface area contributed by atoms with Gasteiger partial charge in [-0.25, -0.2) is 0 Å². The van der Waals surface area contributed by atoms with E-state index >= 15 is 0 Å². The fourth-order valence-electron chi connectivity index (χ4n) is 3.72. The molecule has 0 bridgehead atoms. The molecule has 2 aliphatic rings. The number of hydrogen-bond donors (Lipinski definition) is 1. The number of hydrogen-bond acceptors (Lipinski definition) is 3. The highest BCUT2D eigenvalue weighted by Crippen LogP contribution is 2.42. The van der Waals surface area contributed by atoms with Crippen LogP contribution in [-0.4, -0.2) is 26.7 Å². The summed E-state index contributed by atoms with van der Waals surface area (Å²) in [5, 5.41) is 10.7. The SMILES string of the molecule is CCC(I)C(=O)OC1CCCC(C2(O)CCCC2)CC1. The Kier molecular flexibility index (Phi) is 6.14. The Hall–Kier alpha value is 0.160. The van der Waals surface area contributed by atoms with Crippen molar-refractivity contribution in [3.05, 3.63) is 0 Å². The zero-order valence-corrected chi connectivity index (χ0v) is 14.6. The predicted molar refractivity (Wildman–Crippen MR) is 88.0 cm³/mol. The Morgan fingerprint density at radius 3 is 2.60 bits per heavy atom. The molecule has 0 saturated heterocycles. The quantitative estimate of drug-likeness (QED) is 0.339. The average Bonchev–Trinajstić information content (AvgIpc) is 2.74. The van der Waals surface area contributed by atoms with Crippen molar-refractivity contribution in [2.75, 3.05) is 0 Å². The van der Waals surface area contributed by atoms with Crippen LogP contribution in [0.25, 0.3) is 0 Å². The molecule has 0 aromatic carbocycles. The van der Waals surface area contributed by atoms with E-state index in [9.17, 15) is 9.90 Å². The molecule has 2 saturated carbocycles. The van der Waals surface area contributed by atoms with Gasteiger partial charge in [-0.3, -0.25) is 4.79 Å². The first-order valence-corrected chi connectivity index (χ1v) is 9.36. The lowest BCUT2D eigenvalue weighted by atomic mass is 9.81. The summed E-state index contributed by atoms with van der Waals surface area (Å²) in [5.74, 6) is 0.353. The van der Waals surface area contributed by atoms with Crippen LogP contribution in [0.3, 0.4) is 0 Å². The largest absolute Gasteiger partial charge is 0.462 e. The van der Waals surface area contributed by atoms with E-state index in [1.807, 2.05) is 6.92 Å². The Morgan fingerprint density at radius 2 is 1.95 bits per heavy atom. The third-order valence-corrected chi connectivity index (χ3v) is 6.43. The monoisotopic (exact) mass is 394 g/mol. The number of aliphatic hydroxyl groups is 1. The van der Waals surface area contributed by atoms with E-state index in [-0.39, 0.29) is 16.0 Å². The van der Waals surface area contributed by atoms with E-state index in [0.29, 0.717) is 5.92 Å². The predicted octanol–water partition coefficient (Wildman–Crippen LogP) is 4.00. The molecule has 3 unspecified atom stereocenters. The van der Waals surface area contributed by atoms with Crippen molar-refractivity contribution in [2.45, 2.75) is 86.8 Å². The van der Waals surface area contributed by atoms with Gasteiger partial charge >= 0.3 is 5.97 Å². The van der Waals surface area contributed by atoms with Gasteiger partial charge in [0.05, 0.1) is 5.60 Å². The summed E-state index contributed by atoms with van der Waals surface area (Å²) in [4.78, 5) is 11.9. The van der Waals surface area contributed by atoms with Crippen molar-refractivity contribution in [3.8, 4) is 0 Å². The molecule has 0 aliphatic heterocycles. The van der Waals surface area contributed by atoms with Crippen LogP contribution in [0.4, 0.5) is 0 Å². The van der Waals surface area contributed by atoms with E-state index in [4.69, 9.17) is 4.74 Å². The van der Waals surface area contributed by atoms with Gasteiger partial charge in [0.15, 0.2) is 0 Å². The van der Waals surface area contributed by atoms with Gasteiger partial charge in [-0.15, -0.1) is 0 Å². The minimum atomic E-state index is -0.423.